The molecule has 5 unspecified atom stereocenters. The van der Waals surface area contributed by atoms with Crippen LogP contribution in [-0.4, -0.2) is 94.9 Å². The Kier molecular flexibility index (Phi) is 13.7. The van der Waals surface area contributed by atoms with Crippen molar-refractivity contribution in [1.29, 1.82) is 0 Å². The molecule has 17 nitrogen and oxygen atoms in total. The number of primary amides is 1. The summed E-state index contributed by atoms with van der Waals surface area (Å²) in [6, 6.07) is 3.63. The van der Waals surface area contributed by atoms with Crippen LogP contribution in [0.3, 0.4) is 0 Å². The molecule has 5 atom stereocenters. The summed E-state index contributed by atoms with van der Waals surface area (Å²) >= 11 is 0. The predicted molar refractivity (Wildman–Crippen MR) is 177 cm³/mol. The Labute approximate surface area is 277 Å². The van der Waals surface area contributed by atoms with Crippen LogP contribution in [0.2, 0.25) is 0 Å². The first-order valence-electron chi connectivity index (χ1n) is 15.8. The van der Waals surface area contributed by atoms with E-state index >= 15 is 0 Å². The third-order valence-electron chi connectivity index (χ3n) is 7.72. The average Bonchev–Trinajstić information content (AvgIpc) is 3.65. The lowest BCUT2D eigenvalue weighted by Gasteiger charge is -2.27. The molecule has 0 saturated carbocycles. The lowest BCUT2D eigenvalue weighted by Crippen LogP contribution is -2.59. The van der Waals surface area contributed by atoms with Gasteiger partial charge in [0.15, 0.2) is 5.96 Å². The number of amides is 6. The van der Waals surface area contributed by atoms with Gasteiger partial charge in [0.05, 0.1) is 6.61 Å². The van der Waals surface area contributed by atoms with Crippen molar-refractivity contribution in [2.75, 3.05) is 13.2 Å². The molecule has 13 N–H and O–H groups in total. The number of aromatic nitrogens is 1. The smallest absolute Gasteiger partial charge is 0.245 e. The lowest BCUT2D eigenvalue weighted by atomic mass is 10.0. The van der Waals surface area contributed by atoms with Crippen LogP contribution in [0.1, 0.15) is 51.6 Å². The number of hydrogen-bond donors (Lipinski definition) is 10. The second kappa shape index (κ2) is 17.7. The molecule has 1 aliphatic rings. The molecule has 1 aliphatic heterocycles. The van der Waals surface area contributed by atoms with Gasteiger partial charge in [0.2, 0.25) is 35.4 Å². The highest BCUT2D eigenvalue weighted by Crippen LogP contribution is 2.16. The normalized spacial score (nSPS) is 16.7. The summed E-state index contributed by atoms with van der Waals surface area (Å²) in [7, 11) is 0. The molecule has 2 heterocycles. The van der Waals surface area contributed by atoms with Gasteiger partial charge >= 0.3 is 0 Å². The molecule has 17 heteroatoms. The van der Waals surface area contributed by atoms with Crippen molar-refractivity contribution in [2.45, 2.75) is 82.6 Å². The number of rotatable bonds is 18. The van der Waals surface area contributed by atoms with E-state index in [1.54, 1.807) is 0 Å². The molecule has 0 radical (unpaired) electrons. The summed E-state index contributed by atoms with van der Waals surface area (Å²) in [5.74, 6) is -4.21. The minimum atomic E-state index is -1.41. The van der Waals surface area contributed by atoms with Crippen LogP contribution in [0, 0.1) is 5.92 Å². The average molecular weight is 671 g/mol. The van der Waals surface area contributed by atoms with Crippen molar-refractivity contribution < 1.29 is 33.9 Å². The third-order valence-corrected chi connectivity index (χ3v) is 7.72. The standard InChI is InChI=1S/C31H46N10O7/c1-16(2)12-23(40-30(48)24(15-42)41-28(46)21-9-10-25(43)37-21)29(47)38-20(8-5-11-35-31(33)34)27(45)39-22(26(32)44)14-18-13-17-6-3-4-7-19(17)36-18/h3-4,6-7,13,16,20-24,36,42H,5,8-12,14-15H2,1-2H3,(H2,32,44)(H,37,43)(H,38,47)(H,39,45)(H,40,48)(H,41,46)(H4,33,34,35). The Morgan fingerprint density at radius 2 is 1.58 bits per heavy atom. The molecule has 1 fully saturated rings. The molecule has 48 heavy (non-hydrogen) atoms. The van der Waals surface area contributed by atoms with Gasteiger partial charge in [0.25, 0.3) is 0 Å². The van der Waals surface area contributed by atoms with E-state index in [1.165, 1.54) is 0 Å². The van der Waals surface area contributed by atoms with Gasteiger partial charge in [-0.2, -0.15) is 0 Å². The van der Waals surface area contributed by atoms with Gasteiger partial charge in [0, 0.05) is 30.6 Å². The number of nitrogens with one attached hydrogen (secondary N) is 6. The van der Waals surface area contributed by atoms with Gasteiger partial charge in [-0.3, -0.25) is 33.8 Å². The number of aliphatic imine (C=N–C) groups is 1. The molecule has 6 amide bonds. The number of para-hydroxylation sites is 1. The van der Waals surface area contributed by atoms with E-state index in [2.05, 4.69) is 36.6 Å². The van der Waals surface area contributed by atoms with Crippen LogP contribution < -0.4 is 43.8 Å². The third kappa shape index (κ3) is 11.3. The molecule has 0 spiro atoms. The van der Waals surface area contributed by atoms with E-state index in [-0.39, 0.29) is 62.9 Å². The molecule has 1 aromatic carbocycles. The number of benzene rings is 1. The molecule has 2 aromatic rings. The Morgan fingerprint density at radius 1 is 0.938 bits per heavy atom. The van der Waals surface area contributed by atoms with E-state index in [4.69, 9.17) is 17.2 Å². The van der Waals surface area contributed by atoms with Crippen molar-refractivity contribution in [2.24, 2.45) is 28.1 Å². The minimum absolute atomic E-state index is 0.0647. The zero-order chi connectivity index (χ0) is 35.4. The second-order valence-electron chi connectivity index (χ2n) is 12.2. The summed E-state index contributed by atoms with van der Waals surface area (Å²) in [5, 5.41) is 23.5. The van der Waals surface area contributed by atoms with Crippen LogP contribution >= 0.6 is 0 Å². The number of hydrogen-bond acceptors (Lipinski definition) is 8. The Balaban J connectivity index is 1.73. The molecule has 0 bridgehead atoms. The van der Waals surface area contributed by atoms with Gasteiger partial charge in [0.1, 0.15) is 30.2 Å². The highest BCUT2D eigenvalue weighted by Gasteiger charge is 2.33. The molecular weight excluding hydrogens is 624 g/mol. The SMILES string of the molecule is CC(C)CC(NC(=O)C(CO)NC(=O)C1CCC(=O)N1)C(=O)NC(CCCN=C(N)N)C(=O)NC(Cc1cc2ccccc2[nH]1)C(N)=O. The minimum Gasteiger partial charge on any atom is -0.394 e. The Hall–Kier alpha value is -5.19. The Morgan fingerprint density at radius 3 is 2.19 bits per heavy atom. The number of carbonyl (C=O) groups is 6. The predicted octanol–water partition coefficient (Wildman–Crippen LogP) is -2.49. The van der Waals surface area contributed by atoms with Crippen LogP contribution in [0.15, 0.2) is 35.3 Å². The number of aliphatic hydroxyl groups is 1. The second-order valence-corrected chi connectivity index (χ2v) is 12.2. The fraction of sp³-hybridized carbons (Fsp3) is 0.516. The Bertz CT molecular complexity index is 1470. The molecule has 0 aliphatic carbocycles. The number of fused-ring (bicyclic) bond motifs is 1. The monoisotopic (exact) mass is 670 g/mol. The van der Waals surface area contributed by atoms with Crippen LogP contribution in [0.5, 0.6) is 0 Å². The van der Waals surface area contributed by atoms with Crippen molar-refractivity contribution in [3.8, 4) is 0 Å². The first-order chi connectivity index (χ1) is 22.8. The molecular formula is C31H46N10O7. The lowest BCUT2D eigenvalue weighted by molar-refractivity contribution is -0.135. The summed E-state index contributed by atoms with van der Waals surface area (Å²) in [6.07, 6.45) is 0.959. The fourth-order valence-electron chi connectivity index (χ4n) is 5.26. The number of carbonyl (C=O) groups excluding carboxylic acids is 6. The maximum absolute atomic E-state index is 13.6. The summed E-state index contributed by atoms with van der Waals surface area (Å²) in [5.41, 5.74) is 18.0. The molecule has 3 rings (SSSR count). The van der Waals surface area contributed by atoms with Gasteiger partial charge in [-0.05, 0) is 49.1 Å². The zero-order valence-corrected chi connectivity index (χ0v) is 27.1. The topological polar surface area (TPSA) is 289 Å². The van der Waals surface area contributed by atoms with E-state index < -0.39 is 66.4 Å². The highest BCUT2D eigenvalue weighted by atomic mass is 16.3. The van der Waals surface area contributed by atoms with E-state index in [1.807, 2.05) is 44.2 Å². The fourth-order valence-corrected chi connectivity index (χ4v) is 5.26. The summed E-state index contributed by atoms with van der Waals surface area (Å²) < 4.78 is 0. The summed E-state index contributed by atoms with van der Waals surface area (Å²) in [4.78, 5) is 83.8. The van der Waals surface area contributed by atoms with Crippen LogP contribution in [-0.2, 0) is 35.2 Å². The number of nitrogens with zero attached hydrogens (tertiary/aromatic N) is 1. The number of nitrogens with two attached hydrogens (primary N) is 3. The van der Waals surface area contributed by atoms with Gasteiger partial charge in [-0.15, -0.1) is 0 Å². The number of aliphatic hydroxyl groups excluding tert-OH is 1. The quantitative estimate of drug-likeness (QED) is 0.0455. The first-order valence-corrected chi connectivity index (χ1v) is 15.8. The number of aromatic amines is 1. The zero-order valence-electron chi connectivity index (χ0n) is 27.1. The first kappa shape index (κ1) is 37.3. The summed E-state index contributed by atoms with van der Waals surface area (Å²) in [6.45, 7) is 3.03. The molecule has 262 valence electrons. The maximum Gasteiger partial charge on any atom is 0.245 e. The van der Waals surface area contributed by atoms with Crippen molar-refractivity contribution >= 4 is 52.3 Å². The van der Waals surface area contributed by atoms with Gasteiger partial charge in [-0.25, -0.2) is 0 Å². The van der Waals surface area contributed by atoms with E-state index in [0.717, 1.165) is 10.9 Å². The van der Waals surface area contributed by atoms with Crippen LogP contribution in [0.25, 0.3) is 10.9 Å². The van der Waals surface area contributed by atoms with Crippen molar-refractivity contribution in [1.82, 2.24) is 31.6 Å². The maximum atomic E-state index is 13.6. The van der Waals surface area contributed by atoms with Crippen LogP contribution in [0.4, 0.5) is 0 Å². The van der Waals surface area contributed by atoms with Gasteiger partial charge in [-0.1, -0.05) is 32.0 Å². The van der Waals surface area contributed by atoms with E-state index in [9.17, 15) is 33.9 Å². The molecule has 1 saturated heterocycles. The van der Waals surface area contributed by atoms with Crippen molar-refractivity contribution in [3.63, 3.8) is 0 Å². The number of guanidine groups is 1. The van der Waals surface area contributed by atoms with Gasteiger partial charge < -0.3 is 53.9 Å². The molecule has 1 aromatic heterocycles. The van der Waals surface area contributed by atoms with E-state index in [0.29, 0.717) is 5.69 Å². The largest absolute Gasteiger partial charge is 0.394 e. The highest BCUT2D eigenvalue weighted by molar-refractivity contribution is 5.97. The van der Waals surface area contributed by atoms with Crippen molar-refractivity contribution in [3.05, 3.63) is 36.0 Å². The number of H-pyrrole nitrogens is 1.